The maximum atomic E-state index is 13.5. The van der Waals surface area contributed by atoms with E-state index < -0.39 is 11.7 Å². The van der Waals surface area contributed by atoms with Gasteiger partial charge in [0.2, 0.25) is 0 Å². The topological polar surface area (TPSA) is 68.0 Å². The molecule has 2 heterocycles. The van der Waals surface area contributed by atoms with Gasteiger partial charge in [0.25, 0.3) is 5.91 Å². The number of benzene rings is 1. The minimum atomic E-state index is -0.675. The number of nitrogens with two attached hydrogens (primary N) is 1. The summed E-state index contributed by atoms with van der Waals surface area (Å²) in [6, 6.07) is 2.52. The number of hydroxylamine groups is 2. The zero-order valence-corrected chi connectivity index (χ0v) is 12.4. The first kappa shape index (κ1) is 15.2. The Morgan fingerprint density at radius 2 is 2.05 bits per heavy atom. The molecule has 0 saturated carbocycles. The molecule has 0 atom stereocenters. The van der Waals surface area contributed by atoms with E-state index in [0.717, 1.165) is 45.3 Å². The molecular weight excluding hydrogens is 289 g/mol. The number of hydrogen-bond donors (Lipinski definition) is 1. The van der Waals surface area contributed by atoms with Crippen LogP contribution in [0.3, 0.4) is 0 Å². The summed E-state index contributed by atoms with van der Waals surface area (Å²) in [6.45, 7) is 5.63. The molecule has 120 valence electrons. The maximum Gasteiger partial charge on any atom is 0.252 e. The number of amides is 1. The molecule has 0 spiro atoms. The van der Waals surface area contributed by atoms with Gasteiger partial charge in [-0.15, -0.1) is 5.06 Å². The van der Waals surface area contributed by atoms with Crippen LogP contribution < -0.4 is 10.6 Å². The molecule has 1 aromatic rings. The van der Waals surface area contributed by atoms with E-state index in [-0.39, 0.29) is 5.56 Å². The maximum absolute atomic E-state index is 13.5. The molecule has 22 heavy (non-hydrogen) atoms. The lowest BCUT2D eigenvalue weighted by atomic mass is 10.1. The van der Waals surface area contributed by atoms with Gasteiger partial charge in [-0.25, -0.2) is 4.39 Å². The van der Waals surface area contributed by atoms with Gasteiger partial charge in [-0.2, -0.15) is 0 Å². The van der Waals surface area contributed by atoms with Crippen LogP contribution in [0.25, 0.3) is 0 Å². The van der Waals surface area contributed by atoms with Crippen molar-refractivity contribution in [3.63, 3.8) is 0 Å². The van der Waals surface area contributed by atoms with E-state index in [1.165, 1.54) is 6.07 Å². The van der Waals surface area contributed by atoms with Gasteiger partial charge in [0, 0.05) is 25.2 Å². The van der Waals surface area contributed by atoms with Gasteiger partial charge in [0.15, 0.2) is 5.75 Å². The number of morpholine rings is 1. The molecule has 1 saturated heterocycles. The van der Waals surface area contributed by atoms with Crippen molar-refractivity contribution in [2.45, 2.75) is 13.0 Å². The first-order valence-corrected chi connectivity index (χ1v) is 7.49. The van der Waals surface area contributed by atoms with Crippen LogP contribution >= 0.6 is 0 Å². The fourth-order valence-electron chi connectivity index (χ4n) is 2.83. The monoisotopic (exact) mass is 309 g/mol. The van der Waals surface area contributed by atoms with Crippen LogP contribution in [0, 0.1) is 5.82 Å². The lowest BCUT2D eigenvalue weighted by Crippen LogP contribution is -2.38. The molecule has 6 nitrogen and oxygen atoms in total. The van der Waals surface area contributed by atoms with Gasteiger partial charge in [0.05, 0.1) is 25.3 Å². The van der Waals surface area contributed by atoms with E-state index in [4.69, 9.17) is 15.3 Å². The number of fused-ring (bicyclic) bond motifs is 1. The lowest BCUT2D eigenvalue weighted by molar-refractivity contribution is -0.0471. The van der Waals surface area contributed by atoms with Crippen molar-refractivity contribution in [2.75, 3.05) is 39.4 Å². The van der Waals surface area contributed by atoms with Crippen LogP contribution in [0.15, 0.2) is 12.1 Å². The Labute approximate surface area is 128 Å². The van der Waals surface area contributed by atoms with Crippen LogP contribution in [0.4, 0.5) is 4.39 Å². The third-order valence-corrected chi connectivity index (χ3v) is 3.95. The second kappa shape index (κ2) is 6.60. The van der Waals surface area contributed by atoms with E-state index in [9.17, 15) is 9.18 Å². The number of ether oxygens (including phenoxy) is 1. The van der Waals surface area contributed by atoms with Crippen LogP contribution in [0.1, 0.15) is 22.3 Å². The highest BCUT2D eigenvalue weighted by Gasteiger charge is 2.26. The molecule has 0 unspecified atom stereocenters. The molecule has 0 aliphatic carbocycles. The Balaban J connectivity index is 1.55. The van der Waals surface area contributed by atoms with E-state index in [1.807, 2.05) is 0 Å². The molecule has 3 rings (SSSR count). The molecule has 0 aromatic heterocycles. The van der Waals surface area contributed by atoms with Crippen molar-refractivity contribution in [1.82, 2.24) is 9.96 Å². The van der Waals surface area contributed by atoms with Crippen LogP contribution in [0.5, 0.6) is 5.75 Å². The van der Waals surface area contributed by atoms with Gasteiger partial charge in [0.1, 0.15) is 5.82 Å². The molecular formula is C15H20FN3O3. The standard InChI is InChI=1S/C15H20FN3O3/c16-12-8-11-10-19(22-14(11)13(9-12)15(17)20)3-1-2-18-4-6-21-7-5-18/h8-9H,1-7,10H2,(H2,17,20). The number of nitrogens with zero attached hydrogens (tertiary/aromatic N) is 2. The predicted octanol–water partition coefficient (Wildman–Crippen LogP) is 0.756. The quantitative estimate of drug-likeness (QED) is 0.869. The Kier molecular flexibility index (Phi) is 4.56. The molecule has 2 N–H and O–H groups in total. The zero-order chi connectivity index (χ0) is 15.5. The highest BCUT2D eigenvalue weighted by atomic mass is 19.1. The molecule has 1 fully saturated rings. The van der Waals surface area contributed by atoms with E-state index in [2.05, 4.69) is 4.90 Å². The molecule has 2 aliphatic heterocycles. The Morgan fingerprint density at radius 1 is 1.27 bits per heavy atom. The summed E-state index contributed by atoms with van der Waals surface area (Å²) in [5.74, 6) is -0.752. The summed E-state index contributed by atoms with van der Waals surface area (Å²) in [5, 5.41) is 1.75. The third kappa shape index (κ3) is 3.37. The SMILES string of the molecule is NC(=O)c1cc(F)cc2c1ON(CCCN1CCOCC1)C2. The number of carbonyl (C=O) groups excluding carboxylic acids is 1. The smallest absolute Gasteiger partial charge is 0.252 e. The van der Waals surface area contributed by atoms with E-state index in [0.29, 0.717) is 24.4 Å². The van der Waals surface area contributed by atoms with Gasteiger partial charge in [-0.1, -0.05) is 0 Å². The molecule has 2 aliphatic rings. The number of carbonyl (C=O) groups is 1. The second-order valence-electron chi connectivity index (χ2n) is 5.57. The van der Waals surface area contributed by atoms with Crippen molar-refractivity contribution in [3.05, 3.63) is 29.1 Å². The van der Waals surface area contributed by atoms with Gasteiger partial charge in [-0.3, -0.25) is 9.69 Å². The normalized spacial score (nSPS) is 19.0. The minimum Gasteiger partial charge on any atom is -0.404 e. The molecule has 0 bridgehead atoms. The number of halogens is 1. The van der Waals surface area contributed by atoms with Crippen molar-refractivity contribution in [1.29, 1.82) is 0 Å². The summed E-state index contributed by atoms with van der Waals surface area (Å²) >= 11 is 0. The summed E-state index contributed by atoms with van der Waals surface area (Å²) in [4.78, 5) is 19.4. The first-order valence-electron chi connectivity index (χ1n) is 7.49. The zero-order valence-electron chi connectivity index (χ0n) is 12.4. The Hall–Kier alpha value is -1.70. The highest BCUT2D eigenvalue weighted by Crippen LogP contribution is 2.32. The molecule has 7 heteroatoms. The van der Waals surface area contributed by atoms with Crippen LogP contribution in [-0.4, -0.2) is 55.3 Å². The third-order valence-electron chi connectivity index (χ3n) is 3.95. The Morgan fingerprint density at radius 3 is 2.77 bits per heavy atom. The summed E-state index contributed by atoms with van der Waals surface area (Å²) in [7, 11) is 0. The van der Waals surface area contributed by atoms with Crippen molar-refractivity contribution >= 4 is 5.91 Å². The van der Waals surface area contributed by atoms with Crippen LogP contribution in [-0.2, 0) is 11.3 Å². The highest BCUT2D eigenvalue weighted by molar-refractivity contribution is 5.96. The Bertz CT molecular complexity index is 561. The average Bonchev–Trinajstić information content (AvgIpc) is 2.89. The van der Waals surface area contributed by atoms with Crippen molar-refractivity contribution in [3.8, 4) is 5.75 Å². The number of hydrogen-bond acceptors (Lipinski definition) is 5. The van der Waals surface area contributed by atoms with Gasteiger partial charge < -0.3 is 15.3 Å². The van der Waals surface area contributed by atoms with Crippen molar-refractivity contribution in [2.24, 2.45) is 5.73 Å². The van der Waals surface area contributed by atoms with E-state index in [1.54, 1.807) is 5.06 Å². The fourth-order valence-corrected chi connectivity index (χ4v) is 2.83. The van der Waals surface area contributed by atoms with Gasteiger partial charge in [-0.05, 0) is 25.1 Å². The minimum absolute atomic E-state index is 0.102. The van der Waals surface area contributed by atoms with Crippen molar-refractivity contribution < 1.29 is 18.8 Å². The first-order chi connectivity index (χ1) is 10.6. The summed E-state index contributed by atoms with van der Waals surface area (Å²) < 4.78 is 18.8. The second-order valence-corrected chi connectivity index (χ2v) is 5.57. The summed E-state index contributed by atoms with van der Waals surface area (Å²) in [5.41, 5.74) is 6.05. The molecule has 1 amide bonds. The average molecular weight is 309 g/mol. The predicted molar refractivity (Wildman–Crippen MR) is 77.8 cm³/mol. The van der Waals surface area contributed by atoms with Crippen LogP contribution in [0.2, 0.25) is 0 Å². The lowest BCUT2D eigenvalue weighted by Gasteiger charge is -2.27. The number of rotatable bonds is 5. The van der Waals surface area contributed by atoms with E-state index >= 15 is 0 Å². The summed E-state index contributed by atoms with van der Waals surface area (Å²) in [6.07, 6.45) is 0.933. The fraction of sp³-hybridized carbons (Fsp3) is 0.533. The number of primary amides is 1. The molecule has 1 aromatic carbocycles. The largest absolute Gasteiger partial charge is 0.404 e. The van der Waals surface area contributed by atoms with Gasteiger partial charge >= 0.3 is 0 Å². The molecule has 0 radical (unpaired) electrons.